The molecular formula is C10H21ClOSi. The topological polar surface area (TPSA) is 9.23 Å². The Labute approximate surface area is 87.5 Å². The maximum Gasteiger partial charge on any atom is 0.182 e. The van der Waals surface area contributed by atoms with E-state index in [1.165, 1.54) is 31.4 Å². The van der Waals surface area contributed by atoms with Gasteiger partial charge < -0.3 is 4.74 Å². The van der Waals surface area contributed by atoms with Crippen LogP contribution in [0, 0.1) is 0 Å². The van der Waals surface area contributed by atoms with Crippen LogP contribution in [-0.2, 0) is 4.74 Å². The molecular weight excluding hydrogens is 200 g/mol. The van der Waals surface area contributed by atoms with E-state index < -0.39 is 7.38 Å². The van der Waals surface area contributed by atoms with E-state index in [0.717, 1.165) is 6.23 Å². The Morgan fingerprint density at radius 1 is 1.15 bits per heavy atom. The summed E-state index contributed by atoms with van der Waals surface area (Å²) in [5.41, 5.74) is -0.0215. The third-order valence-corrected chi connectivity index (χ3v) is 7.14. The molecule has 0 aromatic carbocycles. The van der Waals surface area contributed by atoms with Crippen molar-refractivity contribution in [3.05, 3.63) is 0 Å². The molecule has 78 valence electrons. The Hall–Kier alpha value is 0.467. The molecule has 1 fully saturated rings. The van der Waals surface area contributed by atoms with Crippen LogP contribution in [-0.4, -0.2) is 19.2 Å². The average molecular weight is 221 g/mol. The molecule has 0 unspecified atom stereocenters. The average Bonchev–Trinajstić information content (AvgIpc) is 2.02. The minimum atomic E-state index is -1.50. The maximum atomic E-state index is 6.60. The SMILES string of the molecule is CC(C)(C)OC[Si]1(Cl)CCCCC1. The van der Waals surface area contributed by atoms with Crippen molar-refractivity contribution in [3.63, 3.8) is 0 Å². The van der Waals surface area contributed by atoms with Crippen LogP contribution in [0.3, 0.4) is 0 Å². The molecule has 13 heavy (non-hydrogen) atoms. The first-order chi connectivity index (χ1) is 5.91. The molecule has 0 amide bonds. The van der Waals surface area contributed by atoms with E-state index in [0.29, 0.717) is 0 Å². The maximum absolute atomic E-state index is 6.60. The van der Waals surface area contributed by atoms with Gasteiger partial charge in [-0.15, -0.1) is 0 Å². The van der Waals surface area contributed by atoms with E-state index in [2.05, 4.69) is 20.8 Å². The fraction of sp³-hybridized carbons (Fsp3) is 1.00. The molecule has 0 aromatic rings. The highest BCUT2D eigenvalue weighted by Crippen LogP contribution is 2.32. The van der Waals surface area contributed by atoms with E-state index in [9.17, 15) is 0 Å². The van der Waals surface area contributed by atoms with Gasteiger partial charge in [0.15, 0.2) is 7.38 Å². The summed E-state index contributed by atoms with van der Waals surface area (Å²) in [6.45, 7) is 6.30. The van der Waals surface area contributed by atoms with Crippen LogP contribution in [0.5, 0.6) is 0 Å². The second-order valence-corrected chi connectivity index (χ2v) is 11.1. The van der Waals surface area contributed by atoms with E-state index in [1.807, 2.05) is 0 Å². The minimum Gasteiger partial charge on any atom is -0.378 e. The van der Waals surface area contributed by atoms with Crippen molar-refractivity contribution in [2.75, 3.05) is 6.23 Å². The van der Waals surface area contributed by atoms with Gasteiger partial charge in [0, 0.05) is 0 Å². The van der Waals surface area contributed by atoms with Crippen molar-refractivity contribution in [1.29, 1.82) is 0 Å². The largest absolute Gasteiger partial charge is 0.378 e. The Balaban J connectivity index is 2.33. The smallest absolute Gasteiger partial charge is 0.182 e. The summed E-state index contributed by atoms with van der Waals surface area (Å²) in [7, 11) is -1.50. The van der Waals surface area contributed by atoms with E-state index >= 15 is 0 Å². The molecule has 0 saturated carbocycles. The number of rotatable bonds is 2. The monoisotopic (exact) mass is 220 g/mol. The van der Waals surface area contributed by atoms with Gasteiger partial charge >= 0.3 is 0 Å². The fourth-order valence-corrected chi connectivity index (χ4v) is 5.64. The van der Waals surface area contributed by atoms with Crippen molar-refractivity contribution in [2.24, 2.45) is 0 Å². The predicted molar refractivity (Wildman–Crippen MR) is 60.8 cm³/mol. The highest BCUT2D eigenvalue weighted by atomic mass is 35.6. The molecule has 0 radical (unpaired) electrons. The molecule has 0 atom stereocenters. The minimum absolute atomic E-state index is 0.0215. The second kappa shape index (κ2) is 4.33. The number of halogens is 1. The summed E-state index contributed by atoms with van der Waals surface area (Å²) in [5.74, 6) is 0. The Morgan fingerprint density at radius 3 is 2.15 bits per heavy atom. The zero-order chi connectivity index (χ0) is 9.95. The van der Waals surface area contributed by atoms with Crippen molar-refractivity contribution < 1.29 is 4.74 Å². The molecule has 1 nitrogen and oxygen atoms in total. The lowest BCUT2D eigenvalue weighted by Crippen LogP contribution is -2.39. The quantitative estimate of drug-likeness (QED) is 0.509. The Morgan fingerprint density at radius 2 is 1.69 bits per heavy atom. The van der Waals surface area contributed by atoms with Crippen LogP contribution in [0.4, 0.5) is 0 Å². The molecule has 1 rings (SSSR count). The highest BCUT2D eigenvalue weighted by molar-refractivity contribution is 7.20. The second-order valence-electron chi connectivity index (χ2n) is 5.11. The van der Waals surface area contributed by atoms with E-state index in [4.69, 9.17) is 15.8 Å². The number of ether oxygens (including phenoxy) is 1. The molecule has 0 bridgehead atoms. The van der Waals surface area contributed by atoms with Crippen molar-refractivity contribution in [3.8, 4) is 0 Å². The third kappa shape index (κ3) is 4.48. The van der Waals surface area contributed by atoms with Gasteiger partial charge in [-0.3, -0.25) is 0 Å². The number of hydrogen-bond donors (Lipinski definition) is 0. The summed E-state index contributed by atoms with van der Waals surface area (Å²) in [4.78, 5) is 0. The Kier molecular flexibility index (Phi) is 3.84. The van der Waals surface area contributed by atoms with Gasteiger partial charge in [0.1, 0.15) is 0 Å². The van der Waals surface area contributed by atoms with Gasteiger partial charge in [0.25, 0.3) is 0 Å². The lowest BCUT2D eigenvalue weighted by Gasteiger charge is -2.31. The van der Waals surface area contributed by atoms with Crippen LogP contribution in [0.15, 0.2) is 0 Å². The first-order valence-corrected chi connectivity index (χ1v) is 8.88. The van der Waals surface area contributed by atoms with Gasteiger partial charge in [-0.25, -0.2) is 0 Å². The van der Waals surface area contributed by atoms with Crippen molar-refractivity contribution >= 4 is 18.5 Å². The van der Waals surface area contributed by atoms with Gasteiger partial charge in [-0.1, -0.05) is 19.3 Å². The summed E-state index contributed by atoms with van der Waals surface area (Å²) in [6, 6.07) is 2.51. The van der Waals surface area contributed by atoms with Crippen LogP contribution < -0.4 is 0 Å². The molecule has 1 aliphatic rings. The first kappa shape index (κ1) is 11.5. The lowest BCUT2D eigenvalue weighted by molar-refractivity contribution is 0.0222. The zero-order valence-corrected chi connectivity index (χ0v) is 10.8. The summed E-state index contributed by atoms with van der Waals surface area (Å²) in [5, 5.41) is 0. The summed E-state index contributed by atoms with van der Waals surface area (Å²) < 4.78 is 5.80. The van der Waals surface area contributed by atoms with Gasteiger partial charge in [0.2, 0.25) is 0 Å². The molecule has 1 saturated heterocycles. The standard InChI is InChI=1S/C10H21ClOSi/c1-10(2,3)12-9-13(11)7-5-4-6-8-13/h4-9H2,1-3H3. The van der Waals surface area contributed by atoms with Crippen molar-refractivity contribution in [2.45, 2.75) is 57.7 Å². The predicted octanol–water partition coefficient (Wildman–Crippen LogP) is 3.71. The highest BCUT2D eigenvalue weighted by Gasteiger charge is 2.34. The van der Waals surface area contributed by atoms with Crippen molar-refractivity contribution in [1.82, 2.24) is 0 Å². The fourth-order valence-electron chi connectivity index (χ4n) is 1.68. The molecule has 3 heteroatoms. The lowest BCUT2D eigenvalue weighted by atomic mass is 10.2. The van der Waals surface area contributed by atoms with Gasteiger partial charge in [0.05, 0.1) is 11.8 Å². The molecule has 1 heterocycles. The molecule has 0 aliphatic carbocycles. The molecule has 1 aliphatic heterocycles. The van der Waals surface area contributed by atoms with E-state index in [-0.39, 0.29) is 5.60 Å². The summed E-state index contributed by atoms with van der Waals surface area (Å²) in [6.07, 6.45) is 4.86. The van der Waals surface area contributed by atoms with Gasteiger partial charge in [-0.05, 0) is 32.9 Å². The van der Waals surface area contributed by atoms with Crippen LogP contribution in [0.1, 0.15) is 40.0 Å². The molecule has 0 N–H and O–H groups in total. The Bertz CT molecular complexity index is 159. The van der Waals surface area contributed by atoms with Crippen LogP contribution >= 0.6 is 11.1 Å². The molecule has 0 aromatic heterocycles. The third-order valence-electron chi connectivity index (χ3n) is 2.51. The van der Waals surface area contributed by atoms with Crippen LogP contribution in [0.2, 0.25) is 12.1 Å². The first-order valence-electron chi connectivity index (χ1n) is 5.24. The number of hydrogen-bond acceptors (Lipinski definition) is 1. The summed E-state index contributed by atoms with van der Waals surface area (Å²) >= 11 is 6.60. The van der Waals surface area contributed by atoms with Crippen LogP contribution in [0.25, 0.3) is 0 Å². The van der Waals surface area contributed by atoms with E-state index in [1.54, 1.807) is 0 Å². The normalized spacial score (nSPS) is 23.1. The zero-order valence-electron chi connectivity index (χ0n) is 9.03. The van der Waals surface area contributed by atoms with Gasteiger partial charge in [-0.2, -0.15) is 11.1 Å². The molecule has 0 spiro atoms.